The first-order chi connectivity index (χ1) is 12.8. The summed E-state index contributed by atoms with van der Waals surface area (Å²) in [5.74, 6) is 1.04. The van der Waals surface area contributed by atoms with E-state index in [1.54, 1.807) is 6.20 Å². The van der Waals surface area contributed by atoms with Gasteiger partial charge in [-0.3, -0.25) is 15.6 Å². The highest BCUT2D eigenvalue weighted by Crippen LogP contribution is 2.21. The minimum atomic E-state index is 0.130. The van der Waals surface area contributed by atoms with Crippen molar-refractivity contribution in [2.45, 2.75) is 31.3 Å². The largest absolute Gasteiger partial charge is 0.367 e. The summed E-state index contributed by atoms with van der Waals surface area (Å²) in [4.78, 5) is 19.0. The molecular weight excluding hydrogens is 326 g/mol. The molecule has 2 saturated heterocycles. The van der Waals surface area contributed by atoms with E-state index in [0.29, 0.717) is 12.1 Å². The van der Waals surface area contributed by atoms with Gasteiger partial charge in [-0.2, -0.15) is 0 Å². The first kappa shape index (κ1) is 17.0. The van der Waals surface area contributed by atoms with E-state index in [0.717, 1.165) is 50.3 Å². The lowest BCUT2D eigenvalue weighted by atomic mass is 10.0. The number of carbonyl (C=O) groups excluding carboxylic acids is 1. The Kier molecular flexibility index (Phi) is 5.13. The second-order valence-corrected chi connectivity index (χ2v) is 6.96. The van der Waals surface area contributed by atoms with Crippen LogP contribution in [-0.4, -0.2) is 41.5 Å². The minimum absolute atomic E-state index is 0.130. The number of carbonyl (C=O) groups is 1. The Hall–Kier alpha value is -2.44. The fourth-order valence-corrected chi connectivity index (χ4v) is 3.66. The zero-order chi connectivity index (χ0) is 17.8. The Morgan fingerprint density at radius 1 is 1.08 bits per heavy atom. The van der Waals surface area contributed by atoms with Crippen molar-refractivity contribution in [1.82, 2.24) is 20.7 Å². The predicted octanol–water partition coefficient (Wildman–Crippen LogP) is 2.34. The van der Waals surface area contributed by atoms with Gasteiger partial charge in [0.25, 0.3) is 5.91 Å². The van der Waals surface area contributed by atoms with Gasteiger partial charge in [-0.1, -0.05) is 18.2 Å². The molecule has 3 N–H and O–H groups in total. The van der Waals surface area contributed by atoms with Crippen LogP contribution in [0.1, 0.15) is 41.2 Å². The van der Waals surface area contributed by atoms with E-state index >= 15 is 0 Å². The van der Waals surface area contributed by atoms with Gasteiger partial charge in [-0.25, -0.2) is 4.98 Å². The molecule has 0 bridgehead atoms. The van der Waals surface area contributed by atoms with Crippen molar-refractivity contribution in [2.75, 3.05) is 25.0 Å². The summed E-state index contributed by atoms with van der Waals surface area (Å²) < 4.78 is 0. The third-order valence-corrected chi connectivity index (χ3v) is 5.19. The van der Waals surface area contributed by atoms with Crippen molar-refractivity contribution in [3.8, 4) is 0 Å². The Labute approximate surface area is 154 Å². The average Bonchev–Trinajstić information content (AvgIpc) is 3.24. The van der Waals surface area contributed by atoms with E-state index in [4.69, 9.17) is 0 Å². The normalized spacial score (nSPS) is 20.9. The average molecular weight is 351 g/mol. The molecule has 2 aliphatic rings. The van der Waals surface area contributed by atoms with Crippen LogP contribution in [0.4, 0.5) is 5.82 Å². The number of pyridine rings is 1. The van der Waals surface area contributed by atoms with E-state index in [-0.39, 0.29) is 5.91 Å². The second-order valence-electron chi connectivity index (χ2n) is 6.96. The van der Waals surface area contributed by atoms with Crippen molar-refractivity contribution in [3.05, 3.63) is 59.8 Å². The molecule has 6 heteroatoms. The molecule has 2 aromatic rings. The number of aromatic nitrogens is 1. The van der Waals surface area contributed by atoms with Gasteiger partial charge in [0.15, 0.2) is 0 Å². The van der Waals surface area contributed by atoms with Crippen molar-refractivity contribution < 1.29 is 4.79 Å². The summed E-state index contributed by atoms with van der Waals surface area (Å²) in [6.45, 7) is 2.53. The van der Waals surface area contributed by atoms with Gasteiger partial charge in [-0.05, 0) is 49.1 Å². The second kappa shape index (κ2) is 7.85. The smallest absolute Gasteiger partial charge is 0.253 e. The molecular formula is C20H25N5O. The Morgan fingerprint density at radius 3 is 2.54 bits per heavy atom. The molecule has 4 rings (SSSR count). The molecule has 1 aromatic carbocycles. The van der Waals surface area contributed by atoms with Gasteiger partial charge in [0, 0.05) is 43.5 Å². The number of hydrogen-bond donors (Lipinski definition) is 3. The Balaban J connectivity index is 1.31. The molecule has 1 aromatic heterocycles. The number of benzene rings is 1. The van der Waals surface area contributed by atoms with Crippen molar-refractivity contribution in [2.24, 2.45) is 0 Å². The summed E-state index contributed by atoms with van der Waals surface area (Å²) in [5.41, 5.74) is 8.40. The van der Waals surface area contributed by atoms with Crippen molar-refractivity contribution >= 4 is 11.7 Å². The van der Waals surface area contributed by atoms with Crippen molar-refractivity contribution in [1.29, 1.82) is 0 Å². The van der Waals surface area contributed by atoms with Crippen LogP contribution < -0.4 is 16.2 Å². The number of hydrazine groups is 1. The number of hydrogen-bond acceptors (Lipinski definition) is 5. The van der Waals surface area contributed by atoms with Gasteiger partial charge < -0.3 is 10.2 Å². The standard InChI is InChI=1S/C20H25N5O/c26-20(16-6-4-15(5-7-16)18-8-12-22-24-18)25-13-9-17(10-14-25)23-19-3-1-2-11-21-19/h1-7,11,17-18,22,24H,8-10,12-14H2,(H,21,23). The summed E-state index contributed by atoms with van der Waals surface area (Å²) in [6.07, 6.45) is 4.75. The molecule has 6 nitrogen and oxygen atoms in total. The molecule has 0 aliphatic carbocycles. The molecule has 0 saturated carbocycles. The molecule has 136 valence electrons. The van der Waals surface area contributed by atoms with Gasteiger partial charge >= 0.3 is 0 Å². The highest BCUT2D eigenvalue weighted by atomic mass is 16.2. The van der Waals surface area contributed by atoms with Gasteiger partial charge in [0.05, 0.1) is 0 Å². The molecule has 1 amide bonds. The van der Waals surface area contributed by atoms with E-state index in [1.165, 1.54) is 5.56 Å². The van der Waals surface area contributed by atoms with Crippen LogP contribution in [0, 0.1) is 0 Å². The molecule has 26 heavy (non-hydrogen) atoms. The summed E-state index contributed by atoms with van der Waals surface area (Å²) in [5, 5.41) is 3.46. The van der Waals surface area contributed by atoms with Gasteiger partial charge in [-0.15, -0.1) is 0 Å². The Bertz CT molecular complexity index is 720. The van der Waals surface area contributed by atoms with Crippen LogP contribution in [-0.2, 0) is 0 Å². The van der Waals surface area contributed by atoms with E-state index < -0.39 is 0 Å². The lowest BCUT2D eigenvalue weighted by Crippen LogP contribution is -2.42. The fraction of sp³-hybridized carbons (Fsp3) is 0.400. The molecule has 1 atom stereocenters. The lowest BCUT2D eigenvalue weighted by Gasteiger charge is -2.32. The molecule has 2 aliphatic heterocycles. The number of nitrogens with one attached hydrogen (secondary N) is 3. The van der Waals surface area contributed by atoms with E-state index in [9.17, 15) is 4.79 Å². The third-order valence-electron chi connectivity index (χ3n) is 5.19. The zero-order valence-corrected chi connectivity index (χ0v) is 14.8. The summed E-state index contributed by atoms with van der Waals surface area (Å²) in [7, 11) is 0. The molecule has 3 heterocycles. The van der Waals surface area contributed by atoms with Crippen LogP contribution in [0.15, 0.2) is 48.7 Å². The quantitative estimate of drug-likeness (QED) is 0.789. The van der Waals surface area contributed by atoms with Crippen LogP contribution in [0.3, 0.4) is 0 Å². The number of amides is 1. The molecule has 0 spiro atoms. The minimum Gasteiger partial charge on any atom is -0.367 e. The SMILES string of the molecule is O=C(c1ccc(C2CCNN2)cc1)N1CCC(Nc2ccccn2)CC1. The first-order valence-electron chi connectivity index (χ1n) is 9.35. The highest BCUT2D eigenvalue weighted by Gasteiger charge is 2.24. The lowest BCUT2D eigenvalue weighted by molar-refractivity contribution is 0.0718. The maximum Gasteiger partial charge on any atom is 0.253 e. The van der Waals surface area contributed by atoms with Gasteiger partial charge in [0.2, 0.25) is 0 Å². The maximum atomic E-state index is 12.8. The van der Waals surface area contributed by atoms with E-state index in [2.05, 4.69) is 33.3 Å². The number of nitrogens with zero attached hydrogens (tertiary/aromatic N) is 2. The number of likely N-dealkylation sites (tertiary alicyclic amines) is 1. The monoisotopic (exact) mass is 351 g/mol. The Morgan fingerprint density at radius 2 is 1.88 bits per heavy atom. The number of rotatable bonds is 4. The summed E-state index contributed by atoms with van der Waals surface area (Å²) >= 11 is 0. The van der Waals surface area contributed by atoms with Crippen LogP contribution in [0.5, 0.6) is 0 Å². The van der Waals surface area contributed by atoms with Crippen LogP contribution in [0.25, 0.3) is 0 Å². The molecule has 0 radical (unpaired) electrons. The number of anilines is 1. The molecule has 1 unspecified atom stereocenters. The van der Waals surface area contributed by atoms with Crippen LogP contribution >= 0.6 is 0 Å². The summed E-state index contributed by atoms with van der Waals surface area (Å²) in [6, 6.07) is 14.6. The predicted molar refractivity (Wildman–Crippen MR) is 102 cm³/mol. The van der Waals surface area contributed by atoms with Gasteiger partial charge in [0.1, 0.15) is 5.82 Å². The number of piperidine rings is 1. The first-order valence-corrected chi connectivity index (χ1v) is 9.35. The highest BCUT2D eigenvalue weighted by molar-refractivity contribution is 5.94. The zero-order valence-electron chi connectivity index (χ0n) is 14.8. The van der Waals surface area contributed by atoms with E-state index in [1.807, 2.05) is 35.2 Å². The third kappa shape index (κ3) is 3.86. The van der Waals surface area contributed by atoms with Crippen molar-refractivity contribution in [3.63, 3.8) is 0 Å². The maximum absolute atomic E-state index is 12.8. The fourth-order valence-electron chi connectivity index (χ4n) is 3.66. The van der Waals surface area contributed by atoms with Crippen LogP contribution in [0.2, 0.25) is 0 Å². The molecule has 2 fully saturated rings. The topological polar surface area (TPSA) is 69.3 Å².